The van der Waals surface area contributed by atoms with Crippen molar-refractivity contribution >= 4 is 67.1 Å². The molecule has 0 aromatic heterocycles. The van der Waals surface area contributed by atoms with E-state index in [1.54, 1.807) is 0 Å². The molecule has 6 aromatic carbocycles. The third-order valence-electron chi connectivity index (χ3n) is 8.44. The van der Waals surface area contributed by atoms with Crippen molar-refractivity contribution in [3.05, 3.63) is 166 Å². The fourth-order valence-corrected chi connectivity index (χ4v) is 12.7. The van der Waals surface area contributed by atoms with Crippen LogP contribution in [0.1, 0.15) is 44.5 Å². The van der Waals surface area contributed by atoms with Crippen LogP contribution in [0.15, 0.2) is 121 Å². The SMILES string of the molecule is Cc1cc(C)cc(P(c2cc(C)cc(C)c2)c2ccccc2-c2ccccc2P(c2cc(C)cc(C)c2)c2cc(C)cc(C)c2)c1.[Cl][Ru][Cl]. The topological polar surface area (TPSA) is 0 Å². The number of hydrogen-bond acceptors (Lipinski definition) is 0. The van der Waals surface area contributed by atoms with Crippen LogP contribution in [-0.2, 0) is 15.1 Å². The van der Waals surface area contributed by atoms with Gasteiger partial charge in [-0.1, -0.05) is 166 Å². The zero-order valence-corrected chi connectivity index (χ0v) is 34.6. The molecule has 0 heterocycles. The maximum atomic E-state index is 4.85. The van der Waals surface area contributed by atoms with E-state index in [0.29, 0.717) is 0 Å². The van der Waals surface area contributed by atoms with Crippen LogP contribution in [0.4, 0.5) is 0 Å². The molecule has 252 valence electrons. The Morgan fingerprint density at radius 2 is 0.551 bits per heavy atom. The predicted molar refractivity (Wildman–Crippen MR) is 219 cm³/mol. The minimum absolute atomic E-state index is 0.346. The fraction of sp³-hybridized carbons (Fsp3) is 0.182. The summed E-state index contributed by atoms with van der Waals surface area (Å²) in [5, 5.41) is 8.47. The van der Waals surface area contributed by atoms with Crippen LogP contribution in [0.25, 0.3) is 11.1 Å². The Morgan fingerprint density at radius 1 is 0.347 bits per heavy atom. The van der Waals surface area contributed by atoms with Crippen LogP contribution in [0, 0.1) is 55.4 Å². The van der Waals surface area contributed by atoms with Gasteiger partial charge in [0, 0.05) is 0 Å². The summed E-state index contributed by atoms with van der Waals surface area (Å²) in [5.41, 5.74) is 13.2. The van der Waals surface area contributed by atoms with Crippen molar-refractivity contribution in [2.45, 2.75) is 55.4 Å². The molecular weight excluding hydrogens is 762 g/mol. The second kappa shape index (κ2) is 17.1. The van der Waals surface area contributed by atoms with Gasteiger partial charge in [0.25, 0.3) is 0 Å². The van der Waals surface area contributed by atoms with Crippen LogP contribution < -0.4 is 31.8 Å². The summed E-state index contributed by atoms with van der Waals surface area (Å²) < 4.78 is 0. The van der Waals surface area contributed by atoms with E-state index in [2.05, 4.69) is 177 Å². The van der Waals surface area contributed by atoms with E-state index < -0.39 is 15.8 Å². The van der Waals surface area contributed by atoms with Crippen LogP contribution in [0.2, 0.25) is 0 Å². The van der Waals surface area contributed by atoms with Gasteiger partial charge in [-0.2, -0.15) is 0 Å². The Hall–Kier alpha value is -2.62. The molecule has 0 aliphatic carbocycles. The number of benzene rings is 6. The molecule has 0 radical (unpaired) electrons. The number of hydrogen-bond donors (Lipinski definition) is 0. The minimum atomic E-state index is -0.809. The third kappa shape index (κ3) is 9.39. The van der Waals surface area contributed by atoms with E-state index in [4.69, 9.17) is 19.4 Å². The van der Waals surface area contributed by atoms with Crippen molar-refractivity contribution in [1.82, 2.24) is 0 Å². The molecule has 0 aliphatic rings. The van der Waals surface area contributed by atoms with Gasteiger partial charge in [-0.3, -0.25) is 0 Å². The van der Waals surface area contributed by atoms with Gasteiger partial charge in [0.2, 0.25) is 0 Å². The van der Waals surface area contributed by atoms with Gasteiger partial charge in [0.05, 0.1) is 0 Å². The first-order valence-corrected chi connectivity index (χ1v) is 23.6. The number of halogens is 2. The summed E-state index contributed by atoms with van der Waals surface area (Å²) >= 11 is -0.346. The summed E-state index contributed by atoms with van der Waals surface area (Å²) in [6.45, 7) is 17.8. The molecule has 0 bridgehead atoms. The molecule has 0 N–H and O–H groups in total. The van der Waals surface area contributed by atoms with Gasteiger partial charge < -0.3 is 0 Å². The van der Waals surface area contributed by atoms with Crippen LogP contribution >= 0.6 is 35.2 Å². The molecule has 0 saturated heterocycles. The standard InChI is InChI=1S/C44H44P2.2ClH.Ru/c1-29-17-30(2)22-37(21-29)45(38-23-31(3)18-32(4)24-38)43-15-11-9-13-41(43)42-14-10-12-16-44(42)46(39-25-33(5)19-34(6)26-39)40-27-35(7)20-36(8)28-40;;;/h9-28H,1-8H3;2*1H;/q;;;+2/p-2. The maximum absolute atomic E-state index is 4.85. The molecular formula is C44H44Cl2P2Ru. The zero-order valence-electron chi connectivity index (χ0n) is 29.6. The molecule has 0 saturated carbocycles. The molecule has 6 rings (SSSR count). The molecule has 0 fully saturated rings. The molecule has 0 unspecified atom stereocenters. The average Bonchev–Trinajstić information content (AvgIpc) is 3.01. The Bertz CT molecular complexity index is 1750. The second-order valence-corrected chi connectivity index (χ2v) is 20.1. The number of rotatable bonds is 7. The van der Waals surface area contributed by atoms with Gasteiger partial charge in [0.15, 0.2) is 0 Å². The Balaban J connectivity index is 0.00000151. The van der Waals surface area contributed by atoms with Crippen molar-refractivity contribution < 1.29 is 15.1 Å². The van der Waals surface area contributed by atoms with Gasteiger partial charge in [0.1, 0.15) is 0 Å². The van der Waals surface area contributed by atoms with Crippen molar-refractivity contribution in [3.8, 4) is 11.1 Å². The van der Waals surface area contributed by atoms with E-state index in [9.17, 15) is 0 Å². The molecule has 6 aromatic rings. The summed E-state index contributed by atoms with van der Waals surface area (Å²) in [5.74, 6) is 0. The first-order chi connectivity index (χ1) is 23.5. The molecule has 0 amide bonds. The van der Waals surface area contributed by atoms with Crippen LogP contribution in [0.3, 0.4) is 0 Å². The van der Waals surface area contributed by atoms with Crippen molar-refractivity contribution in [2.75, 3.05) is 0 Å². The average molecular weight is 807 g/mol. The van der Waals surface area contributed by atoms with Gasteiger partial charge in [-0.25, -0.2) is 0 Å². The van der Waals surface area contributed by atoms with E-state index in [-0.39, 0.29) is 15.1 Å². The normalized spacial score (nSPS) is 11.2. The molecule has 49 heavy (non-hydrogen) atoms. The van der Waals surface area contributed by atoms with Gasteiger partial charge in [-0.05, 0) is 114 Å². The Kier molecular flexibility index (Phi) is 13.1. The molecule has 0 aliphatic heterocycles. The molecule has 0 spiro atoms. The van der Waals surface area contributed by atoms with Crippen LogP contribution in [-0.4, -0.2) is 0 Å². The van der Waals surface area contributed by atoms with Crippen LogP contribution in [0.5, 0.6) is 0 Å². The van der Waals surface area contributed by atoms with E-state index in [0.717, 1.165) is 0 Å². The quantitative estimate of drug-likeness (QED) is 0.111. The fourth-order valence-electron chi connectivity index (χ4n) is 6.97. The molecule has 0 atom stereocenters. The summed E-state index contributed by atoms with van der Waals surface area (Å²) in [6, 6.07) is 46.9. The first-order valence-electron chi connectivity index (χ1n) is 16.4. The summed E-state index contributed by atoms with van der Waals surface area (Å²) in [7, 11) is 8.09. The van der Waals surface area contributed by atoms with E-state index >= 15 is 0 Å². The molecule has 0 nitrogen and oxygen atoms in total. The Labute approximate surface area is 312 Å². The third-order valence-corrected chi connectivity index (χ3v) is 13.3. The van der Waals surface area contributed by atoms with Gasteiger partial charge in [-0.15, -0.1) is 0 Å². The van der Waals surface area contributed by atoms with Crippen molar-refractivity contribution in [3.63, 3.8) is 0 Å². The second-order valence-electron chi connectivity index (χ2n) is 13.1. The summed E-state index contributed by atoms with van der Waals surface area (Å²) in [4.78, 5) is 0. The monoisotopic (exact) mass is 806 g/mol. The van der Waals surface area contributed by atoms with E-state index in [1.807, 2.05) is 0 Å². The molecule has 5 heteroatoms. The van der Waals surface area contributed by atoms with Crippen molar-refractivity contribution in [1.29, 1.82) is 0 Å². The number of aryl methyl sites for hydroxylation is 8. The van der Waals surface area contributed by atoms with E-state index in [1.165, 1.54) is 87.5 Å². The van der Waals surface area contributed by atoms with Crippen molar-refractivity contribution in [2.24, 2.45) is 0 Å². The Morgan fingerprint density at radius 3 is 0.776 bits per heavy atom. The first kappa shape index (κ1) is 37.6. The summed E-state index contributed by atoms with van der Waals surface area (Å²) in [6.07, 6.45) is 0. The zero-order chi connectivity index (χ0) is 35.2. The predicted octanol–water partition coefficient (Wildman–Crippen LogP) is 10.7. The van der Waals surface area contributed by atoms with Gasteiger partial charge >= 0.3 is 34.5 Å².